The molecule has 158 valence electrons. The molecule has 0 fully saturated rings. The van der Waals surface area contributed by atoms with Crippen molar-refractivity contribution in [1.82, 2.24) is 10.6 Å². The summed E-state index contributed by atoms with van der Waals surface area (Å²) in [4.78, 5) is 26.9. The highest BCUT2D eigenvalue weighted by molar-refractivity contribution is 6.07. The van der Waals surface area contributed by atoms with Crippen molar-refractivity contribution in [2.45, 2.75) is 26.4 Å². The summed E-state index contributed by atoms with van der Waals surface area (Å²) in [7, 11) is 0. The molecule has 1 aliphatic heterocycles. The summed E-state index contributed by atoms with van der Waals surface area (Å²) in [6.45, 7) is 3.28. The first-order valence-electron chi connectivity index (χ1n) is 10.3. The highest BCUT2D eigenvalue weighted by Crippen LogP contribution is 2.30. The van der Waals surface area contributed by atoms with Crippen molar-refractivity contribution >= 4 is 17.6 Å². The van der Waals surface area contributed by atoms with Gasteiger partial charge in [-0.2, -0.15) is 0 Å². The Balaban J connectivity index is 1.37. The lowest BCUT2D eigenvalue weighted by atomic mass is 10.1. The summed E-state index contributed by atoms with van der Waals surface area (Å²) in [5.74, 6) is -0.315. The Morgan fingerprint density at radius 3 is 2.39 bits per heavy atom. The first-order chi connectivity index (χ1) is 15.0. The van der Waals surface area contributed by atoms with Crippen LogP contribution in [0.2, 0.25) is 0 Å². The minimum Gasteiger partial charge on any atom is -0.334 e. The number of benzene rings is 3. The smallest absolute Gasteiger partial charge is 0.315 e. The molecule has 0 aromatic heterocycles. The molecule has 1 aliphatic rings. The number of rotatable bonds is 5. The molecule has 0 saturated heterocycles. The van der Waals surface area contributed by atoms with Crippen LogP contribution >= 0.6 is 0 Å². The molecule has 0 atom stereocenters. The van der Waals surface area contributed by atoms with E-state index in [0.29, 0.717) is 25.2 Å². The summed E-state index contributed by atoms with van der Waals surface area (Å²) in [6.07, 6.45) is 0.818. The van der Waals surface area contributed by atoms with E-state index in [4.69, 9.17) is 0 Å². The van der Waals surface area contributed by atoms with Gasteiger partial charge in [-0.15, -0.1) is 0 Å². The van der Waals surface area contributed by atoms with Crippen molar-refractivity contribution < 1.29 is 14.0 Å². The Bertz CT molecular complexity index is 1110. The zero-order valence-electron chi connectivity index (χ0n) is 17.3. The lowest BCUT2D eigenvalue weighted by molar-refractivity contribution is 0.0989. The lowest BCUT2D eigenvalue weighted by Crippen LogP contribution is -2.34. The number of nitrogens with zero attached hydrogens (tertiary/aromatic N) is 1. The van der Waals surface area contributed by atoms with Crippen LogP contribution in [-0.4, -0.2) is 18.5 Å². The molecule has 0 spiro atoms. The molecular weight excluding hydrogens is 393 g/mol. The third-order valence-electron chi connectivity index (χ3n) is 5.37. The highest BCUT2D eigenvalue weighted by atomic mass is 19.1. The van der Waals surface area contributed by atoms with Gasteiger partial charge in [0.15, 0.2) is 0 Å². The van der Waals surface area contributed by atoms with E-state index in [2.05, 4.69) is 10.6 Å². The van der Waals surface area contributed by atoms with Gasteiger partial charge >= 0.3 is 6.03 Å². The van der Waals surface area contributed by atoms with Crippen LogP contribution in [0.25, 0.3) is 0 Å². The average molecular weight is 417 g/mol. The van der Waals surface area contributed by atoms with Crippen molar-refractivity contribution in [1.29, 1.82) is 0 Å². The minimum atomic E-state index is -0.308. The maximum atomic E-state index is 13.0. The first kappa shape index (κ1) is 20.6. The number of amides is 3. The standard InChI is InChI=1S/C25H24FN3O2/c1-17-3-2-4-21(13-17)24(30)29-12-11-20-8-5-19(14-23(20)29)16-28-25(31)27-15-18-6-9-22(26)10-7-18/h2-10,13-14H,11-12,15-16H2,1H3,(H2,27,28,31). The van der Waals surface area contributed by atoms with Crippen LogP contribution < -0.4 is 15.5 Å². The maximum absolute atomic E-state index is 13.0. The van der Waals surface area contributed by atoms with Crippen molar-refractivity contribution in [3.05, 3.63) is 100 Å². The van der Waals surface area contributed by atoms with E-state index in [1.165, 1.54) is 12.1 Å². The zero-order valence-corrected chi connectivity index (χ0v) is 17.3. The Hall–Kier alpha value is -3.67. The largest absolute Gasteiger partial charge is 0.334 e. The number of fused-ring (bicyclic) bond motifs is 1. The summed E-state index contributed by atoms with van der Waals surface area (Å²) >= 11 is 0. The molecule has 31 heavy (non-hydrogen) atoms. The molecular formula is C25H24FN3O2. The number of halogens is 1. The number of hydrogen-bond acceptors (Lipinski definition) is 2. The van der Waals surface area contributed by atoms with Crippen LogP contribution in [0.1, 0.15) is 32.6 Å². The summed E-state index contributed by atoms with van der Waals surface area (Å²) in [6, 6.07) is 19.3. The Kier molecular flexibility index (Phi) is 5.98. The molecule has 0 saturated carbocycles. The predicted molar refractivity (Wildman–Crippen MR) is 118 cm³/mol. The van der Waals surface area contributed by atoms with E-state index in [1.54, 1.807) is 12.1 Å². The number of nitrogens with one attached hydrogen (secondary N) is 2. The number of urea groups is 1. The fraction of sp³-hybridized carbons (Fsp3) is 0.200. The van der Waals surface area contributed by atoms with Crippen LogP contribution in [0.5, 0.6) is 0 Å². The summed E-state index contributed by atoms with van der Waals surface area (Å²) in [5.41, 5.74) is 5.49. The van der Waals surface area contributed by atoms with Gasteiger partial charge in [0.25, 0.3) is 5.91 Å². The van der Waals surface area contributed by atoms with Crippen LogP contribution in [0.3, 0.4) is 0 Å². The molecule has 4 rings (SSSR count). The predicted octanol–water partition coefficient (Wildman–Crippen LogP) is 4.34. The quantitative estimate of drug-likeness (QED) is 0.649. The molecule has 3 amide bonds. The van der Waals surface area contributed by atoms with Crippen molar-refractivity contribution in [2.75, 3.05) is 11.4 Å². The third kappa shape index (κ3) is 4.91. The van der Waals surface area contributed by atoms with Crippen molar-refractivity contribution in [3.8, 4) is 0 Å². The number of anilines is 1. The molecule has 5 nitrogen and oxygen atoms in total. The summed E-state index contributed by atoms with van der Waals surface area (Å²) in [5, 5.41) is 5.59. The molecule has 0 unspecified atom stereocenters. The van der Waals surface area contributed by atoms with E-state index in [0.717, 1.165) is 34.4 Å². The fourth-order valence-corrected chi connectivity index (χ4v) is 3.71. The number of carbonyl (C=O) groups excluding carboxylic acids is 2. The molecule has 6 heteroatoms. The number of aryl methyl sites for hydroxylation is 1. The van der Waals surface area contributed by atoms with E-state index >= 15 is 0 Å². The number of carbonyl (C=O) groups is 2. The minimum absolute atomic E-state index is 0.00963. The zero-order chi connectivity index (χ0) is 21.8. The molecule has 3 aromatic carbocycles. The van der Waals surface area contributed by atoms with E-state index in [9.17, 15) is 14.0 Å². The van der Waals surface area contributed by atoms with Gasteiger partial charge in [-0.3, -0.25) is 4.79 Å². The van der Waals surface area contributed by atoms with Crippen molar-refractivity contribution in [3.63, 3.8) is 0 Å². The second kappa shape index (κ2) is 9.00. The molecule has 3 aromatic rings. The molecule has 0 bridgehead atoms. The van der Waals surface area contributed by atoms with Gasteiger partial charge in [0.2, 0.25) is 0 Å². The monoisotopic (exact) mass is 417 g/mol. The van der Waals surface area contributed by atoms with Gasteiger partial charge in [0.05, 0.1) is 0 Å². The average Bonchev–Trinajstić information content (AvgIpc) is 3.20. The third-order valence-corrected chi connectivity index (χ3v) is 5.37. The van der Waals surface area contributed by atoms with Crippen molar-refractivity contribution in [2.24, 2.45) is 0 Å². The summed E-state index contributed by atoms with van der Waals surface area (Å²) < 4.78 is 13.0. The van der Waals surface area contributed by atoms with Gasteiger partial charge in [0, 0.05) is 30.9 Å². The Morgan fingerprint density at radius 1 is 0.935 bits per heavy atom. The molecule has 2 N–H and O–H groups in total. The van der Waals surface area contributed by atoms with Crippen LogP contribution in [0.4, 0.5) is 14.9 Å². The SMILES string of the molecule is Cc1cccc(C(=O)N2CCc3ccc(CNC(=O)NCc4ccc(F)cc4)cc32)c1. The van der Waals surface area contributed by atoms with E-state index in [1.807, 2.05) is 54.3 Å². The van der Waals surface area contributed by atoms with Gasteiger partial charge in [-0.1, -0.05) is 42.0 Å². The van der Waals surface area contributed by atoms with E-state index in [-0.39, 0.29) is 17.8 Å². The van der Waals surface area contributed by atoms with E-state index < -0.39 is 0 Å². The second-order valence-corrected chi connectivity index (χ2v) is 7.70. The highest BCUT2D eigenvalue weighted by Gasteiger charge is 2.25. The van der Waals surface area contributed by atoms with Crippen LogP contribution in [0.15, 0.2) is 66.7 Å². The Labute approximate surface area is 180 Å². The molecule has 0 radical (unpaired) electrons. The number of hydrogen-bond donors (Lipinski definition) is 2. The first-order valence-corrected chi connectivity index (χ1v) is 10.3. The van der Waals surface area contributed by atoms with Gasteiger partial charge < -0.3 is 15.5 Å². The molecule has 0 aliphatic carbocycles. The normalized spacial score (nSPS) is 12.4. The van der Waals surface area contributed by atoms with Crippen LogP contribution in [0, 0.1) is 12.7 Å². The van der Waals surface area contributed by atoms with Gasteiger partial charge in [-0.05, 0) is 60.4 Å². The Morgan fingerprint density at radius 2 is 1.65 bits per heavy atom. The fourth-order valence-electron chi connectivity index (χ4n) is 3.71. The van der Waals surface area contributed by atoms with Gasteiger partial charge in [-0.25, -0.2) is 9.18 Å². The van der Waals surface area contributed by atoms with Crippen LogP contribution in [-0.2, 0) is 19.5 Å². The lowest BCUT2D eigenvalue weighted by Gasteiger charge is -2.18. The topological polar surface area (TPSA) is 61.4 Å². The second-order valence-electron chi connectivity index (χ2n) is 7.70. The van der Waals surface area contributed by atoms with Gasteiger partial charge in [0.1, 0.15) is 5.82 Å². The maximum Gasteiger partial charge on any atom is 0.315 e. The molecule has 1 heterocycles.